The van der Waals surface area contributed by atoms with Gasteiger partial charge in [0.2, 0.25) is 0 Å². The lowest BCUT2D eigenvalue weighted by Crippen LogP contribution is -2.36. The maximum absolute atomic E-state index is 12.6. The van der Waals surface area contributed by atoms with E-state index in [1.807, 2.05) is 6.92 Å². The molecule has 0 aliphatic heterocycles. The quantitative estimate of drug-likeness (QED) is 0.617. The smallest absolute Gasteiger partial charge is 0.269 e. The monoisotopic (exact) mass is 375 g/mol. The third kappa shape index (κ3) is 4.76. The third-order valence-electron chi connectivity index (χ3n) is 3.54. The standard InChI is InChI=1S/C18H21N3O4S/c1-4-13(2)19-20-18(22)14-8-7-9-15(12-14)26(23,24)21-16-10-5-6-11-17(16)25-3/h5-12,19,21H,2,4H2,1,3H3,(H,20,22). The molecule has 0 aliphatic carbocycles. The van der Waals surface area contributed by atoms with E-state index < -0.39 is 15.9 Å². The Morgan fingerprint density at radius 1 is 1.12 bits per heavy atom. The second-order valence-electron chi connectivity index (χ2n) is 5.37. The van der Waals surface area contributed by atoms with Gasteiger partial charge < -0.3 is 10.2 Å². The molecule has 0 atom stereocenters. The number of ether oxygens (including phenoxy) is 1. The molecule has 0 bridgehead atoms. The lowest BCUT2D eigenvalue weighted by atomic mass is 10.2. The van der Waals surface area contributed by atoms with Gasteiger partial charge in [0.1, 0.15) is 5.75 Å². The van der Waals surface area contributed by atoms with Crippen LogP contribution in [0.3, 0.4) is 0 Å². The molecule has 2 aromatic rings. The summed E-state index contributed by atoms with van der Waals surface area (Å²) in [4.78, 5) is 12.1. The highest BCUT2D eigenvalue weighted by Crippen LogP contribution is 2.26. The highest BCUT2D eigenvalue weighted by atomic mass is 32.2. The number of carbonyl (C=O) groups excluding carboxylic acids is 1. The third-order valence-corrected chi connectivity index (χ3v) is 4.90. The summed E-state index contributed by atoms with van der Waals surface area (Å²) in [6, 6.07) is 12.4. The van der Waals surface area contributed by atoms with Crippen molar-refractivity contribution in [3.8, 4) is 5.75 Å². The van der Waals surface area contributed by atoms with Crippen LogP contribution in [0.15, 0.2) is 65.7 Å². The van der Waals surface area contributed by atoms with Crippen molar-refractivity contribution in [2.75, 3.05) is 11.8 Å². The summed E-state index contributed by atoms with van der Waals surface area (Å²) in [6.45, 7) is 5.60. The number of hydrogen-bond acceptors (Lipinski definition) is 5. The summed E-state index contributed by atoms with van der Waals surface area (Å²) < 4.78 is 32.9. The lowest BCUT2D eigenvalue weighted by Gasteiger charge is -2.13. The van der Waals surface area contributed by atoms with Crippen molar-refractivity contribution in [2.24, 2.45) is 0 Å². The van der Waals surface area contributed by atoms with Gasteiger partial charge in [0.05, 0.1) is 17.7 Å². The van der Waals surface area contributed by atoms with Crippen LogP contribution < -0.4 is 20.3 Å². The van der Waals surface area contributed by atoms with Gasteiger partial charge in [-0.25, -0.2) is 8.42 Å². The van der Waals surface area contributed by atoms with Crippen LogP contribution in [-0.2, 0) is 10.0 Å². The molecule has 0 spiro atoms. The number of amides is 1. The summed E-state index contributed by atoms with van der Waals surface area (Å²) in [5.74, 6) is -0.0683. The van der Waals surface area contributed by atoms with E-state index in [1.165, 1.54) is 31.4 Å². The largest absolute Gasteiger partial charge is 0.495 e. The van der Waals surface area contributed by atoms with E-state index in [9.17, 15) is 13.2 Å². The van der Waals surface area contributed by atoms with Gasteiger partial charge >= 0.3 is 0 Å². The van der Waals surface area contributed by atoms with Crippen LogP contribution in [0.2, 0.25) is 0 Å². The zero-order valence-corrected chi connectivity index (χ0v) is 15.4. The summed E-state index contributed by atoms with van der Waals surface area (Å²) in [5, 5.41) is 0. The van der Waals surface area contributed by atoms with Gasteiger partial charge in [-0.05, 0) is 36.8 Å². The Bertz CT molecular complexity index is 910. The Morgan fingerprint density at radius 3 is 2.54 bits per heavy atom. The number of allylic oxidation sites excluding steroid dienone is 1. The Kier molecular flexibility index (Phi) is 6.24. The number of para-hydroxylation sites is 2. The number of hydrazine groups is 1. The van der Waals surface area contributed by atoms with E-state index in [2.05, 4.69) is 22.2 Å². The van der Waals surface area contributed by atoms with Crippen LogP contribution in [0.25, 0.3) is 0 Å². The molecular weight excluding hydrogens is 354 g/mol. The number of methoxy groups -OCH3 is 1. The first-order valence-corrected chi connectivity index (χ1v) is 9.35. The van der Waals surface area contributed by atoms with Crippen molar-refractivity contribution < 1.29 is 17.9 Å². The Labute approximate surface area is 153 Å². The molecule has 0 heterocycles. The molecule has 8 heteroatoms. The number of carbonyl (C=O) groups is 1. The van der Waals surface area contributed by atoms with Gasteiger partial charge in [-0.3, -0.25) is 14.9 Å². The van der Waals surface area contributed by atoms with Crippen molar-refractivity contribution in [2.45, 2.75) is 18.2 Å². The van der Waals surface area contributed by atoms with Crippen molar-refractivity contribution in [3.05, 3.63) is 66.4 Å². The van der Waals surface area contributed by atoms with Gasteiger partial charge in [0.15, 0.2) is 0 Å². The molecular formula is C18H21N3O4S. The molecule has 138 valence electrons. The summed E-state index contributed by atoms with van der Waals surface area (Å²) >= 11 is 0. The fourth-order valence-corrected chi connectivity index (χ4v) is 3.16. The molecule has 2 rings (SSSR count). The van der Waals surface area contributed by atoms with E-state index >= 15 is 0 Å². The average molecular weight is 375 g/mol. The number of nitrogens with one attached hydrogen (secondary N) is 3. The minimum absolute atomic E-state index is 0.0367. The molecule has 2 aromatic carbocycles. The van der Waals surface area contributed by atoms with Crippen LogP contribution >= 0.6 is 0 Å². The van der Waals surface area contributed by atoms with Crippen LogP contribution in [0.5, 0.6) is 5.75 Å². The maximum atomic E-state index is 12.6. The van der Waals surface area contributed by atoms with Gasteiger partial charge in [0.25, 0.3) is 15.9 Å². The molecule has 3 N–H and O–H groups in total. The minimum atomic E-state index is -3.89. The first kappa shape index (κ1) is 19.3. The first-order chi connectivity index (χ1) is 12.4. The van der Waals surface area contributed by atoms with Gasteiger partial charge in [-0.1, -0.05) is 31.7 Å². The highest BCUT2D eigenvalue weighted by molar-refractivity contribution is 7.92. The topological polar surface area (TPSA) is 96.5 Å². The van der Waals surface area contributed by atoms with Crippen LogP contribution in [0.1, 0.15) is 23.7 Å². The summed E-state index contributed by atoms with van der Waals surface area (Å²) in [7, 11) is -2.43. The van der Waals surface area contributed by atoms with Crippen molar-refractivity contribution in [1.82, 2.24) is 10.9 Å². The molecule has 26 heavy (non-hydrogen) atoms. The highest BCUT2D eigenvalue weighted by Gasteiger charge is 2.18. The van der Waals surface area contributed by atoms with Crippen LogP contribution in [0.4, 0.5) is 5.69 Å². The summed E-state index contributed by atoms with van der Waals surface area (Å²) in [6.07, 6.45) is 0.650. The predicted octanol–water partition coefficient (Wildman–Crippen LogP) is 2.65. The Morgan fingerprint density at radius 2 is 1.85 bits per heavy atom. The molecule has 1 amide bonds. The second-order valence-corrected chi connectivity index (χ2v) is 7.05. The molecule has 0 saturated heterocycles. The maximum Gasteiger partial charge on any atom is 0.269 e. The van der Waals surface area contributed by atoms with E-state index in [-0.39, 0.29) is 10.5 Å². The van der Waals surface area contributed by atoms with E-state index in [0.717, 1.165) is 0 Å². The number of rotatable bonds is 8. The van der Waals surface area contributed by atoms with Gasteiger partial charge in [-0.2, -0.15) is 0 Å². The molecule has 0 aromatic heterocycles. The fourth-order valence-electron chi connectivity index (χ4n) is 2.04. The fraction of sp³-hybridized carbons (Fsp3) is 0.167. The molecule has 0 unspecified atom stereocenters. The van der Waals surface area contributed by atoms with Crippen molar-refractivity contribution in [3.63, 3.8) is 0 Å². The van der Waals surface area contributed by atoms with Crippen molar-refractivity contribution in [1.29, 1.82) is 0 Å². The molecule has 0 radical (unpaired) electrons. The lowest BCUT2D eigenvalue weighted by molar-refractivity contribution is 0.0938. The number of benzene rings is 2. The molecule has 7 nitrogen and oxygen atoms in total. The van der Waals surface area contributed by atoms with E-state index in [0.29, 0.717) is 23.6 Å². The number of sulfonamides is 1. The predicted molar refractivity (Wildman–Crippen MR) is 100 cm³/mol. The SMILES string of the molecule is C=C(CC)NNC(=O)c1cccc(S(=O)(=O)Nc2ccccc2OC)c1. The van der Waals surface area contributed by atoms with Crippen LogP contribution in [-0.4, -0.2) is 21.4 Å². The second kappa shape index (κ2) is 8.39. The van der Waals surface area contributed by atoms with Gasteiger partial charge in [-0.15, -0.1) is 0 Å². The Hall–Kier alpha value is -3.00. The minimum Gasteiger partial charge on any atom is -0.495 e. The zero-order valence-electron chi connectivity index (χ0n) is 14.6. The molecule has 0 aliphatic rings. The zero-order chi connectivity index (χ0) is 19.2. The van der Waals surface area contributed by atoms with Crippen LogP contribution in [0, 0.1) is 0 Å². The summed E-state index contributed by atoms with van der Waals surface area (Å²) in [5.41, 5.74) is 6.29. The molecule has 0 fully saturated rings. The first-order valence-electron chi connectivity index (χ1n) is 7.87. The van der Waals surface area contributed by atoms with E-state index in [1.54, 1.807) is 24.3 Å². The Balaban J connectivity index is 2.22. The van der Waals surface area contributed by atoms with Gasteiger partial charge in [0, 0.05) is 11.3 Å². The van der Waals surface area contributed by atoms with E-state index in [4.69, 9.17) is 4.74 Å². The number of anilines is 1. The molecule has 0 saturated carbocycles. The normalized spacial score (nSPS) is 10.7. The van der Waals surface area contributed by atoms with Crippen molar-refractivity contribution >= 4 is 21.6 Å². The average Bonchev–Trinajstić information content (AvgIpc) is 2.66. The number of hydrogen-bond donors (Lipinski definition) is 3.